The van der Waals surface area contributed by atoms with E-state index in [2.05, 4.69) is 20.6 Å². The Hall–Kier alpha value is -3.13. The first-order valence-electron chi connectivity index (χ1n) is 8.21. The lowest BCUT2D eigenvalue weighted by molar-refractivity contribution is -0.115. The van der Waals surface area contributed by atoms with Gasteiger partial charge in [0.15, 0.2) is 5.84 Å². The molecule has 0 unspecified atom stereocenters. The van der Waals surface area contributed by atoms with Gasteiger partial charge < -0.3 is 10.1 Å². The molecule has 0 bridgehead atoms. The summed E-state index contributed by atoms with van der Waals surface area (Å²) in [6.45, 7) is 4.62. The Labute approximate surface area is 150 Å². The Morgan fingerprint density at radius 2 is 2.00 bits per heavy atom. The van der Waals surface area contributed by atoms with Crippen LogP contribution in [0.5, 0.6) is 0 Å². The van der Waals surface area contributed by atoms with E-state index in [1.54, 1.807) is 18.3 Å². The lowest BCUT2D eigenvalue weighted by Crippen LogP contribution is -2.37. The topological polar surface area (TPSA) is 116 Å². The van der Waals surface area contributed by atoms with Gasteiger partial charge in [-0.25, -0.2) is 9.79 Å². The van der Waals surface area contributed by atoms with E-state index >= 15 is 0 Å². The number of carbonyl (C=O) groups excluding carboxylic acids is 2. The van der Waals surface area contributed by atoms with E-state index < -0.39 is 0 Å². The molecule has 0 saturated heterocycles. The summed E-state index contributed by atoms with van der Waals surface area (Å²) >= 11 is 0. The van der Waals surface area contributed by atoms with E-state index in [1.807, 2.05) is 26.0 Å². The maximum Gasteiger partial charge on any atom is 0.338 e. The number of esters is 1. The van der Waals surface area contributed by atoms with Crippen LogP contribution in [0.15, 0.2) is 45.4 Å². The Morgan fingerprint density at radius 1 is 1.27 bits per heavy atom. The summed E-state index contributed by atoms with van der Waals surface area (Å²) in [5.74, 6) is -0.614. The lowest BCUT2D eigenvalue weighted by atomic mass is 10.1. The zero-order chi connectivity index (χ0) is 18.7. The van der Waals surface area contributed by atoms with Crippen molar-refractivity contribution >= 4 is 29.9 Å². The van der Waals surface area contributed by atoms with Gasteiger partial charge in [0, 0.05) is 24.9 Å². The van der Waals surface area contributed by atoms with Crippen LogP contribution in [-0.2, 0) is 16.1 Å². The summed E-state index contributed by atoms with van der Waals surface area (Å²) in [6, 6.07) is 7.16. The van der Waals surface area contributed by atoms with Crippen LogP contribution < -0.4 is 10.6 Å². The zero-order valence-electron chi connectivity index (χ0n) is 14.5. The molecule has 2 aliphatic heterocycles. The van der Waals surface area contributed by atoms with Crippen molar-refractivity contribution in [1.29, 1.82) is 5.41 Å². The standard InChI is InChI=1S/C18H19N5O3/c1-10(2)26-17(25)12-5-3-11(4-6-12)7-20-8-13-9-21-15-14(13)16(24)23-18(19)22-15/h3-6,9-10,20H,7-8H2,1-2H3,(H2,19,23,24). The van der Waals surface area contributed by atoms with Gasteiger partial charge in [0.25, 0.3) is 5.91 Å². The number of aliphatic imine (C=N–C) groups is 2. The average molecular weight is 353 g/mol. The quantitative estimate of drug-likeness (QED) is 0.666. The van der Waals surface area contributed by atoms with Crippen molar-refractivity contribution in [2.75, 3.05) is 6.54 Å². The molecule has 0 aliphatic carbocycles. The number of rotatable bonds is 6. The van der Waals surface area contributed by atoms with Crippen molar-refractivity contribution in [3.63, 3.8) is 0 Å². The molecular weight excluding hydrogens is 334 g/mol. The molecular formula is C18H19N5O3. The van der Waals surface area contributed by atoms with Crippen LogP contribution in [0.3, 0.4) is 0 Å². The predicted octanol–water partition coefficient (Wildman–Crippen LogP) is 1.19. The zero-order valence-corrected chi connectivity index (χ0v) is 14.5. The van der Waals surface area contributed by atoms with Gasteiger partial charge in [0.1, 0.15) is 0 Å². The van der Waals surface area contributed by atoms with Crippen molar-refractivity contribution < 1.29 is 14.3 Å². The molecule has 0 aromatic heterocycles. The molecule has 0 radical (unpaired) electrons. The molecule has 1 aromatic carbocycles. The Kier molecular flexibility index (Phi) is 5.04. The second-order valence-electron chi connectivity index (χ2n) is 6.15. The number of nitrogens with one attached hydrogen (secondary N) is 3. The summed E-state index contributed by atoms with van der Waals surface area (Å²) in [5.41, 5.74) is 2.64. The highest BCUT2D eigenvalue weighted by molar-refractivity contribution is 6.35. The first-order chi connectivity index (χ1) is 12.4. The van der Waals surface area contributed by atoms with E-state index in [1.165, 1.54) is 0 Å². The third-order valence-corrected chi connectivity index (χ3v) is 3.74. The minimum Gasteiger partial charge on any atom is -0.459 e. The van der Waals surface area contributed by atoms with E-state index in [9.17, 15) is 9.59 Å². The average Bonchev–Trinajstić information content (AvgIpc) is 2.98. The van der Waals surface area contributed by atoms with Gasteiger partial charge in [-0.1, -0.05) is 12.1 Å². The number of hydrogen-bond acceptors (Lipinski definition) is 6. The van der Waals surface area contributed by atoms with E-state index in [-0.39, 0.29) is 29.8 Å². The van der Waals surface area contributed by atoms with Crippen LogP contribution in [0.2, 0.25) is 0 Å². The van der Waals surface area contributed by atoms with Crippen LogP contribution >= 0.6 is 0 Å². The fourth-order valence-electron chi connectivity index (χ4n) is 2.56. The third-order valence-electron chi connectivity index (χ3n) is 3.74. The fraction of sp³-hybridized carbons (Fsp3) is 0.278. The highest BCUT2D eigenvalue weighted by Crippen LogP contribution is 2.16. The summed E-state index contributed by atoms with van der Waals surface area (Å²) < 4.78 is 5.15. The van der Waals surface area contributed by atoms with Gasteiger partial charge in [-0.15, -0.1) is 0 Å². The summed E-state index contributed by atoms with van der Waals surface area (Å²) in [5, 5.41) is 13.0. The molecule has 1 amide bonds. The van der Waals surface area contributed by atoms with Crippen LogP contribution in [-0.4, -0.2) is 42.5 Å². The van der Waals surface area contributed by atoms with Crippen molar-refractivity contribution in [3.05, 3.63) is 46.5 Å². The monoisotopic (exact) mass is 353 g/mol. The number of ether oxygens (including phenoxy) is 1. The second kappa shape index (κ2) is 7.40. The minimum absolute atomic E-state index is 0.152. The third kappa shape index (κ3) is 3.92. The van der Waals surface area contributed by atoms with Gasteiger partial charge >= 0.3 is 5.97 Å². The molecule has 0 fully saturated rings. The SMILES string of the molecule is CC(C)OC(=O)c1ccc(CNCC2=C3C(=O)NC(=N)N=C3N=C2)cc1. The number of guanidine groups is 1. The largest absolute Gasteiger partial charge is 0.459 e. The Morgan fingerprint density at radius 3 is 2.69 bits per heavy atom. The highest BCUT2D eigenvalue weighted by atomic mass is 16.5. The van der Waals surface area contributed by atoms with Gasteiger partial charge in [0.05, 0.1) is 17.2 Å². The number of carbonyl (C=O) groups is 2. The van der Waals surface area contributed by atoms with Gasteiger partial charge in [-0.05, 0) is 31.5 Å². The smallest absolute Gasteiger partial charge is 0.338 e. The molecule has 3 N–H and O–H groups in total. The molecule has 8 nitrogen and oxygen atoms in total. The number of hydrogen-bond donors (Lipinski definition) is 3. The number of fused-ring (bicyclic) bond motifs is 1. The molecule has 0 saturated carbocycles. The Bertz CT molecular complexity index is 850. The first kappa shape index (κ1) is 17.7. The molecule has 2 heterocycles. The highest BCUT2D eigenvalue weighted by Gasteiger charge is 2.28. The molecule has 8 heteroatoms. The number of amides is 1. The summed E-state index contributed by atoms with van der Waals surface area (Å²) in [6.07, 6.45) is 1.44. The number of benzene rings is 1. The van der Waals surface area contributed by atoms with Crippen LogP contribution in [0.25, 0.3) is 0 Å². The van der Waals surface area contributed by atoms with Crippen LogP contribution in [0, 0.1) is 5.41 Å². The maximum absolute atomic E-state index is 12.0. The van der Waals surface area contributed by atoms with Crippen molar-refractivity contribution in [1.82, 2.24) is 10.6 Å². The predicted molar refractivity (Wildman–Crippen MR) is 97.5 cm³/mol. The van der Waals surface area contributed by atoms with Crippen LogP contribution in [0.1, 0.15) is 29.8 Å². The van der Waals surface area contributed by atoms with Crippen molar-refractivity contribution in [2.45, 2.75) is 26.5 Å². The summed E-state index contributed by atoms with van der Waals surface area (Å²) in [7, 11) is 0. The van der Waals surface area contributed by atoms with Crippen molar-refractivity contribution in [3.8, 4) is 0 Å². The molecule has 3 rings (SSSR count). The normalized spacial score (nSPS) is 15.9. The first-order valence-corrected chi connectivity index (χ1v) is 8.21. The second-order valence-corrected chi connectivity index (χ2v) is 6.15. The van der Waals surface area contributed by atoms with E-state index in [0.717, 1.165) is 11.1 Å². The molecule has 2 aliphatic rings. The van der Waals surface area contributed by atoms with E-state index in [4.69, 9.17) is 10.1 Å². The number of nitrogens with zero attached hydrogens (tertiary/aromatic N) is 2. The van der Waals surface area contributed by atoms with Gasteiger partial charge in [-0.2, -0.15) is 4.99 Å². The molecule has 0 atom stereocenters. The summed E-state index contributed by atoms with van der Waals surface area (Å²) in [4.78, 5) is 31.8. The fourth-order valence-corrected chi connectivity index (χ4v) is 2.56. The van der Waals surface area contributed by atoms with Gasteiger partial charge in [-0.3, -0.25) is 15.5 Å². The van der Waals surface area contributed by atoms with Gasteiger partial charge in [0.2, 0.25) is 5.96 Å². The van der Waals surface area contributed by atoms with Crippen LogP contribution in [0.4, 0.5) is 0 Å². The lowest BCUT2D eigenvalue weighted by Gasteiger charge is -2.12. The molecule has 1 aromatic rings. The molecule has 0 spiro atoms. The van der Waals surface area contributed by atoms with E-state index in [0.29, 0.717) is 24.2 Å². The number of amidine groups is 1. The van der Waals surface area contributed by atoms with Crippen molar-refractivity contribution in [2.24, 2.45) is 9.98 Å². The molecule has 134 valence electrons. The molecule has 26 heavy (non-hydrogen) atoms. The Balaban J connectivity index is 1.58. The minimum atomic E-state index is -0.359. The maximum atomic E-state index is 12.0.